The number of anilines is 1. The molecule has 3 heterocycles. The Kier molecular flexibility index (Phi) is 4.69. The second-order valence-electron chi connectivity index (χ2n) is 7.00. The van der Waals surface area contributed by atoms with Crippen LogP contribution in [0.4, 0.5) is 5.95 Å². The van der Waals surface area contributed by atoms with E-state index >= 15 is 0 Å². The van der Waals surface area contributed by atoms with Crippen LogP contribution in [-0.2, 0) is 5.41 Å². The topological polar surface area (TPSA) is 84.1 Å². The number of aromatic nitrogens is 4. The molecule has 0 radical (unpaired) electrons. The van der Waals surface area contributed by atoms with Gasteiger partial charge in [0.1, 0.15) is 5.56 Å². The normalized spacial score (nSPS) is 19.3. The first-order chi connectivity index (χ1) is 11.6. The summed E-state index contributed by atoms with van der Waals surface area (Å²) in [5, 5.41) is 14.2. The highest BCUT2D eigenvalue weighted by Crippen LogP contribution is 2.48. The van der Waals surface area contributed by atoms with E-state index in [0.29, 0.717) is 5.56 Å². The van der Waals surface area contributed by atoms with Gasteiger partial charge in [0.2, 0.25) is 5.95 Å². The third-order valence-corrected chi connectivity index (χ3v) is 5.21. The lowest BCUT2D eigenvalue weighted by Crippen LogP contribution is -2.35. The number of rotatable bonds is 4. The second kappa shape index (κ2) is 6.63. The van der Waals surface area contributed by atoms with Gasteiger partial charge in [0.05, 0.1) is 11.7 Å². The molecular formula is C17H22ClN5O2. The summed E-state index contributed by atoms with van der Waals surface area (Å²) in [4.78, 5) is 22.3. The summed E-state index contributed by atoms with van der Waals surface area (Å²) in [5.41, 5.74) is 1.07. The van der Waals surface area contributed by atoms with E-state index in [-0.39, 0.29) is 23.9 Å². The number of aromatic carboxylic acids is 1. The molecule has 2 aromatic heterocycles. The van der Waals surface area contributed by atoms with Gasteiger partial charge in [0.25, 0.3) is 0 Å². The first-order valence-electron chi connectivity index (χ1n) is 8.42. The molecule has 25 heavy (non-hydrogen) atoms. The van der Waals surface area contributed by atoms with E-state index in [0.717, 1.165) is 50.4 Å². The van der Waals surface area contributed by atoms with Gasteiger partial charge in [0.15, 0.2) is 0 Å². The minimum atomic E-state index is -0.875. The molecule has 1 N–H and O–H groups in total. The maximum Gasteiger partial charge on any atom is 0.339 e. The quantitative estimate of drug-likeness (QED) is 0.899. The van der Waals surface area contributed by atoms with Crippen molar-refractivity contribution in [3.63, 3.8) is 0 Å². The summed E-state index contributed by atoms with van der Waals surface area (Å²) in [5.74, 6) is -0.117. The van der Waals surface area contributed by atoms with E-state index in [1.165, 1.54) is 0 Å². The van der Waals surface area contributed by atoms with E-state index in [9.17, 15) is 9.90 Å². The molecule has 7 nitrogen and oxygen atoms in total. The van der Waals surface area contributed by atoms with Crippen molar-refractivity contribution in [3.8, 4) is 0 Å². The van der Waals surface area contributed by atoms with Crippen molar-refractivity contribution < 1.29 is 9.90 Å². The molecule has 2 aliphatic rings. The molecule has 1 aliphatic heterocycles. The van der Waals surface area contributed by atoms with Crippen molar-refractivity contribution >= 4 is 24.3 Å². The fourth-order valence-electron chi connectivity index (χ4n) is 3.39. The molecule has 1 aliphatic carbocycles. The van der Waals surface area contributed by atoms with Gasteiger partial charge in [-0.05, 0) is 31.7 Å². The van der Waals surface area contributed by atoms with Gasteiger partial charge in [-0.3, -0.25) is 4.68 Å². The summed E-state index contributed by atoms with van der Waals surface area (Å²) in [6.07, 6.45) is 9.10. The standard InChI is InChI=1S/C17H21N5O2.ClH/c1-17(5-6-17)14-13(15(23)24)11-22(20-14)12-3-9-21(10-4-12)16-18-7-2-8-19-16;/h2,7-8,11-12H,3-6,9-10H2,1H3,(H,23,24);1H. The summed E-state index contributed by atoms with van der Waals surface area (Å²) in [7, 11) is 0. The Labute approximate surface area is 152 Å². The molecule has 0 aromatic carbocycles. The highest BCUT2D eigenvalue weighted by atomic mass is 35.5. The van der Waals surface area contributed by atoms with Gasteiger partial charge in [-0.2, -0.15) is 5.10 Å². The maximum atomic E-state index is 11.6. The smallest absolute Gasteiger partial charge is 0.339 e. The van der Waals surface area contributed by atoms with E-state index in [2.05, 4.69) is 26.9 Å². The van der Waals surface area contributed by atoms with Crippen LogP contribution in [0.15, 0.2) is 24.7 Å². The molecule has 0 atom stereocenters. The van der Waals surface area contributed by atoms with Crippen LogP contribution >= 0.6 is 12.4 Å². The zero-order valence-electron chi connectivity index (χ0n) is 14.1. The largest absolute Gasteiger partial charge is 0.478 e. The summed E-state index contributed by atoms with van der Waals surface area (Å²) in [6, 6.07) is 2.05. The van der Waals surface area contributed by atoms with Crippen LogP contribution in [0.2, 0.25) is 0 Å². The first kappa shape index (κ1) is 17.7. The number of carbonyl (C=O) groups is 1. The van der Waals surface area contributed by atoms with Gasteiger partial charge in [-0.15, -0.1) is 12.4 Å². The lowest BCUT2D eigenvalue weighted by Gasteiger charge is -2.32. The number of piperidine rings is 1. The second-order valence-corrected chi connectivity index (χ2v) is 7.00. The lowest BCUT2D eigenvalue weighted by molar-refractivity contribution is 0.0694. The van der Waals surface area contributed by atoms with Gasteiger partial charge in [-0.1, -0.05) is 6.92 Å². The Morgan fingerprint density at radius 2 is 1.88 bits per heavy atom. The predicted molar refractivity (Wildman–Crippen MR) is 95.5 cm³/mol. The van der Waals surface area contributed by atoms with Crippen molar-refractivity contribution in [1.29, 1.82) is 0 Å². The van der Waals surface area contributed by atoms with Crippen LogP contribution in [0.3, 0.4) is 0 Å². The fourth-order valence-corrected chi connectivity index (χ4v) is 3.39. The van der Waals surface area contributed by atoms with Crippen molar-refractivity contribution in [2.75, 3.05) is 18.0 Å². The zero-order chi connectivity index (χ0) is 16.7. The number of carboxylic acids is 1. The Balaban J connectivity index is 0.00000182. The molecule has 1 saturated carbocycles. The highest BCUT2D eigenvalue weighted by Gasteiger charge is 2.44. The van der Waals surface area contributed by atoms with Crippen molar-refractivity contribution in [2.45, 2.75) is 44.1 Å². The predicted octanol–water partition coefficient (Wildman–Crippen LogP) is 2.69. The van der Waals surface area contributed by atoms with Gasteiger partial charge >= 0.3 is 5.97 Å². The van der Waals surface area contributed by atoms with Crippen LogP contribution in [0, 0.1) is 0 Å². The minimum Gasteiger partial charge on any atom is -0.478 e. The van der Waals surface area contributed by atoms with E-state index in [1.807, 2.05) is 10.7 Å². The Bertz CT molecular complexity index is 752. The first-order valence-corrected chi connectivity index (χ1v) is 8.42. The summed E-state index contributed by atoms with van der Waals surface area (Å²) >= 11 is 0. The third kappa shape index (κ3) is 3.33. The Morgan fingerprint density at radius 3 is 2.44 bits per heavy atom. The third-order valence-electron chi connectivity index (χ3n) is 5.21. The van der Waals surface area contributed by atoms with Gasteiger partial charge in [0, 0.05) is 37.1 Å². The van der Waals surface area contributed by atoms with Crippen LogP contribution in [0.25, 0.3) is 0 Å². The summed E-state index contributed by atoms with van der Waals surface area (Å²) < 4.78 is 1.88. The molecule has 0 spiro atoms. The lowest BCUT2D eigenvalue weighted by atomic mass is 10.0. The van der Waals surface area contributed by atoms with E-state index in [4.69, 9.17) is 0 Å². The number of nitrogens with zero attached hydrogens (tertiary/aromatic N) is 5. The molecular weight excluding hydrogens is 342 g/mol. The molecule has 2 aromatic rings. The SMILES string of the molecule is CC1(c2nn(C3CCN(c4ncccn4)CC3)cc2C(=O)O)CC1.Cl. The molecule has 134 valence electrons. The molecule has 4 rings (SSSR count). The van der Waals surface area contributed by atoms with Crippen molar-refractivity contribution in [3.05, 3.63) is 35.9 Å². The molecule has 8 heteroatoms. The van der Waals surface area contributed by atoms with Gasteiger partial charge in [-0.25, -0.2) is 14.8 Å². The van der Waals surface area contributed by atoms with Crippen LogP contribution < -0.4 is 4.90 Å². The molecule has 2 fully saturated rings. The number of halogens is 1. The average molecular weight is 364 g/mol. The molecule has 0 unspecified atom stereocenters. The van der Waals surface area contributed by atoms with Gasteiger partial charge < -0.3 is 10.0 Å². The molecule has 0 bridgehead atoms. The van der Waals surface area contributed by atoms with E-state index < -0.39 is 5.97 Å². The maximum absolute atomic E-state index is 11.6. The summed E-state index contributed by atoms with van der Waals surface area (Å²) in [6.45, 7) is 3.80. The fraction of sp³-hybridized carbons (Fsp3) is 0.529. The van der Waals surface area contributed by atoms with Crippen LogP contribution in [0.1, 0.15) is 54.7 Å². The molecule has 0 amide bonds. The van der Waals surface area contributed by atoms with Crippen LogP contribution in [-0.4, -0.2) is 43.9 Å². The number of hydrogen-bond donors (Lipinski definition) is 1. The Morgan fingerprint density at radius 1 is 1.24 bits per heavy atom. The van der Waals surface area contributed by atoms with Crippen molar-refractivity contribution in [2.24, 2.45) is 0 Å². The zero-order valence-corrected chi connectivity index (χ0v) is 14.9. The minimum absolute atomic E-state index is 0. The average Bonchev–Trinajstić information content (AvgIpc) is 3.19. The number of carboxylic acid groups (broad SMARTS) is 1. The van der Waals surface area contributed by atoms with Crippen molar-refractivity contribution in [1.82, 2.24) is 19.7 Å². The monoisotopic (exact) mass is 363 g/mol. The highest BCUT2D eigenvalue weighted by molar-refractivity contribution is 5.89. The Hall–Kier alpha value is -2.15. The molecule has 1 saturated heterocycles. The van der Waals surface area contributed by atoms with Crippen LogP contribution in [0.5, 0.6) is 0 Å². The number of hydrogen-bond acceptors (Lipinski definition) is 5. The van der Waals surface area contributed by atoms with E-state index in [1.54, 1.807) is 18.6 Å².